The first-order valence-corrected chi connectivity index (χ1v) is 7.40. The lowest BCUT2D eigenvalue weighted by Gasteiger charge is -2.10. The van der Waals surface area contributed by atoms with Crippen molar-refractivity contribution in [2.75, 3.05) is 7.11 Å². The fourth-order valence-electron chi connectivity index (χ4n) is 2.31. The first-order valence-electron chi connectivity index (χ1n) is 6.52. The predicted octanol–water partition coefficient (Wildman–Crippen LogP) is 3.59. The Morgan fingerprint density at radius 3 is 2.70 bits per heavy atom. The van der Waals surface area contributed by atoms with Crippen molar-refractivity contribution in [3.63, 3.8) is 0 Å². The number of fused-ring (bicyclic) bond motifs is 1. The first-order chi connectivity index (χ1) is 9.88. The summed E-state index contributed by atoms with van der Waals surface area (Å²) in [6.45, 7) is 1.63. The van der Waals surface area contributed by atoms with Crippen LogP contribution in [0.5, 0.6) is 5.75 Å². The zero-order valence-corrected chi connectivity index (χ0v) is 12.1. The molecule has 0 fully saturated rings. The van der Waals surface area contributed by atoms with E-state index in [1.807, 2.05) is 23.7 Å². The van der Waals surface area contributed by atoms with E-state index < -0.39 is 0 Å². The van der Waals surface area contributed by atoms with Crippen LogP contribution >= 0.6 is 11.3 Å². The maximum absolute atomic E-state index is 5.42. The van der Waals surface area contributed by atoms with Crippen molar-refractivity contribution in [2.45, 2.75) is 13.1 Å². The van der Waals surface area contributed by atoms with Gasteiger partial charge in [-0.05, 0) is 17.0 Å². The zero-order chi connectivity index (χ0) is 13.8. The van der Waals surface area contributed by atoms with Gasteiger partial charge in [0.2, 0.25) is 0 Å². The molecule has 0 aliphatic heterocycles. The molecule has 102 valence electrons. The lowest BCUT2D eigenvalue weighted by Crippen LogP contribution is -2.12. The van der Waals surface area contributed by atoms with Crippen LogP contribution in [0, 0.1) is 0 Å². The second kappa shape index (κ2) is 6.03. The second-order valence-corrected chi connectivity index (χ2v) is 5.48. The molecule has 3 aromatic rings. The highest BCUT2D eigenvalue weighted by atomic mass is 32.1. The number of rotatable bonds is 5. The van der Waals surface area contributed by atoms with Crippen LogP contribution in [0.15, 0.2) is 48.0 Å². The molecule has 1 heterocycles. The van der Waals surface area contributed by atoms with E-state index in [4.69, 9.17) is 4.74 Å². The van der Waals surface area contributed by atoms with Crippen LogP contribution in [0.3, 0.4) is 0 Å². The van der Waals surface area contributed by atoms with Gasteiger partial charge in [-0.3, -0.25) is 0 Å². The Labute approximate surface area is 122 Å². The largest absolute Gasteiger partial charge is 0.496 e. The summed E-state index contributed by atoms with van der Waals surface area (Å²) in [4.78, 5) is 4.27. The van der Waals surface area contributed by atoms with E-state index in [0.717, 1.165) is 29.2 Å². The summed E-state index contributed by atoms with van der Waals surface area (Å²) >= 11 is 1.67. The second-order valence-electron chi connectivity index (χ2n) is 4.50. The molecule has 0 aliphatic rings. The van der Waals surface area contributed by atoms with Crippen LogP contribution in [0.1, 0.15) is 10.6 Å². The minimum absolute atomic E-state index is 0.804. The number of hydrogen-bond acceptors (Lipinski definition) is 4. The van der Waals surface area contributed by atoms with Gasteiger partial charge in [-0.1, -0.05) is 30.3 Å². The number of hydrogen-bond donors (Lipinski definition) is 1. The van der Waals surface area contributed by atoms with E-state index in [0.29, 0.717) is 0 Å². The summed E-state index contributed by atoms with van der Waals surface area (Å²) < 4.78 is 5.42. The lowest BCUT2D eigenvalue weighted by atomic mass is 10.0. The third kappa shape index (κ3) is 2.66. The Balaban J connectivity index is 1.81. The summed E-state index contributed by atoms with van der Waals surface area (Å²) in [5.74, 6) is 0.921. The molecule has 3 nitrogen and oxygen atoms in total. The van der Waals surface area contributed by atoms with Crippen LogP contribution in [0.2, 0.25) is 0 Å². The quantitative estimate of drug-likeness (QED) is 0.777. The maximum atomic E-state index is 5.42. The minimum Gasteiger partial charge on any atom is -0.496 e. The van der Waals surface area contributed by atoms with Crippen LogP contribution in [-0.2, 0) is 13.1 Å². The van der Waals surface area contributed by atoms with Crippen LogP contribution in [0.4, 0.5) is 0 Å². The van der Waals surface area contributed by atoms with Crippen molar-refractivity contribution in [3.05, 3.63) is 58.5 Å². The van der Waals surface area contributed by atoms with Gasteiger partial charge in [0.25, 0.3) is 0 Å². The molecule has 0 amide bonds. The number of nitrogens with zero attached hydrogens (tertiary/aromatic N) is 1. The standard InChI is InChI=1S/C16H16N2OS/c1-19-15-7-6-12(13-4-2-3-5-14(13)15)10-17-11-16-18-8-9-20-16/h2-9,17H,10-11H2,1H3. The highest BCUT2D eigenvalue weighted by molar-refractivity contribution is 7.09. The monoisotopic (exact) mass is 284 g/mol. The fourth-order valence-corrected chi connectivity index (χ4v) is 2.90. The predicted molar refractivity (Wildman–Crippen MR) is 83.2 cm³/mol. The van der Waals surface area contributed by atoms with Gasteiger partial charge in [-0.2, -0.15) is 0 Å². The van der Waals surface area contributed by atoms with Crippen LogP contribution < -0.4 is 10.1 Å². The topological polar surface area (TPSA) is 34.1 Å². The molecule has 0 aliphatic carbocycles. The first kappa shape index (κ1) is 13.1. The lowest BCUT2D eigenvalue weighted by molar-refractivity contribution is 0.419. The van der Waals surface area contributed by atoms with E-state index in [2.05, 4.69) is 34.6 Å². The number of benzene rings is 2. The van der Waals surface area contributed by atoms with E-state index in [1.54, 1.807) is 18.4 Å². The van der Waals surface area contributed by atoms with E-state index in [9.17, 15) is 0 Å². The van der Waals surface area contributed by atoms with Gasteiger partial charge in [0, 0.05) is 30.1 Å². The van der Waals surface area contributed by atoms with Gasteiger partial charge in [-0.15, -0.1) is 11.3 Å². The number of nitrogens with one attached hydrogen (secondary N) is 1. The fraction of sp³-hybridized carbons (Fsp3) is 0.188. The van der Waals surface area contributed by atoms with Crippen molar-refractivity contribution in [2.24, 2.45) is 0 Å². The molecule has 0 bridgehead atoms. The molecule has 2 aromatic carbocycles. The Morgan fingerprint density at radius 2 is 1.95 bits per heavy atom. The summed E-state index contributed by atoms with van der Waals surface area (Å²) in [5, 5.41) is 8.95. The minimum atomic E-state index is 0.804. The molecule has 0 radical (unpaired) electrons. The van der Waals surface area contributed by atoms with Gasteiger partial charge >= 0.3 is 0 Å². The summed E-state index contributed by atoms with van der Waals surface area (Å²) in [6.07, 6.45) is 1.84. The molecule has 0 spiro atoms. The van der Waals surface area contributed by atoms with Gasteiger partial charge < -0.3 is 10.1 Å². The number of aromatic nitrogens is 1. The van der Waals surface area contributed by atoms with Crippen molar-refractivity contribution in [1.82, 2.24) is 10.3 Å². The smallest absolute Gasteiger partial charge is 0.126 e. The van der Waals surface area contributed by atoms with Crippen LogP contribution in [0.25, 0.3) is 10.8 Å². The van der Waals surface area contributed by atoms with E-state index in [-0.39, 0.29) is 0 Å². The Hall–Kier alpha value is -1.91. The molecule has 0 saturated carbocycles. The Morgan fingerprint density at radius 1 is 1.10 bits per heavy atom. The van der Waals surface area contributed by atoms with Crippen molar-refractivity contribution in [3.8, 4) is 5.75 Å². The molecular weight excluding hydrogens is 268 g/mol. The molecule has 3 rings (SSSR count). The Bertz CT molecular complexity index is 695. The molecule has 4 heteroatoms. The highest BCUT2D eigenvalue weighted by Crippen LogP contribution is 2.28. The summed E-state index contributed by atoms with van der Waals surface area (Å²) in [6, 6.07) is 12.5. The molecular formula is C16H16N2OS. The van der Waals surface area contributed by atoms with Gasteiger partial charge in [-0.25, -0.2) is 4.98 Å². The average molecular weight is 284 g/mol. The van der Waals surface area contributed by atoms with Crippen molar-refractivity contribution in [1.29, 1.82) is 0 Å². The molecule has 1 N–H and O–H groups in total. The number of thiazole rings is 1. The van der Waals surface area contributed by atoms with Crippen LogP contribution in [-0.4, -0.2) is 12.1 Å². The summed E-state index contributed by atoms with van der Waals surface area (Å²) in [7, 11) is 1.71. The maximum Gasteiger partial charge on any atom is 0.126 e. The van der Waals surface area contributed by atoms with E-state index >= 15 is 0 Å². The molecule has 1 aromatic heterocycles. The van der Waals surface area contributed by atoms with E-state index in [1.165, 1.54) is 10.9 Å². The zero-order valence-electron chi connectivity index (χ0n) is 11.3. The molecule has 20 heavy (non-hydrogen) atoms. The molecule has 0 unspecified atom stereocenters. The van der Waals surface area contributed by atoms with Crippen molar-refractivity contribution < 1.29 is 4.74 Å². The van der Waals surface area contributed by atoms with Gasteiger partial charge in [0.15, 0.2) is 0 Å². The Kier molecular flexibility index (Phi) is 3.95. The van der Waals surface area contributed by atoms with Gasteiger partial charge in [0.05, 0.1) is 7.11 Å². The third-order valence-corrected chi connectivity index (χ3v) is 4.05. The number of methoxy groups -OCH3 is 1. The number of ether oxygens (including phenoxy) is 1. The summed E-state index contributed by atoms with van der Waals surface area (Å²) in [5.41, 5.74) is 1.28. The normalized spacial score (nSPS) is 10.8. The van der Waals surface area contributed by atoms with Gasteiger partial charge in [0.1, 0.15) is 10.8 Å². The molecule has 0 atom stereocenters. The van der Waals surface area contributed by atoms with Crippen molar-refractivity contribution >= 4 is 22.1 Å². The third-order valence-electron chi connectivity index (χ3n) is 3.27. The molecule has 0 saturated heterocycles. The highest BCUT2D eigenvalue weighted by Gasteiger charge is 2.05. The average Bonchev–Trinajstić information content (AvgIpc) is 3.01. The SMILES string of the molecule is COc1ccc(CNCc2nccs2)c2ccccc12.